The Labute approximate surface area is 165 Å². The molecule has 1 heterocycles. The molecule has 1 N–H and O–H groups in total. The Hall–Kier alpha value is -3.14. The number of carbonyl (C=O) groups is 1. The van der Waals surface area contributed by atoms with Crippen molar-refractivity contribution in [1.82, 2.24) is 14.9 Å². The van der Waals surface area contributed by atoms with Crippen molar-refractivity contribution in [2.75, 3.05) is 0 Å². The first-order valence-corrected chi connectivity index (χ1v) is 9.84. The van der Waals surface area contributed by atoms with Gasteiger partial charge in [0.2, 0.25) is 5.91 Å². The van der Waals surface area contributed by atoms with Gasteiger partial charge in [0.15, 0.2) is 0 Å². The van der Waals surface area contributed by atoms with E-state index in [1.807, 2.05) is 29.1 Å². The molecule has 0 bridgehead atoms. The Morgan fingerprint density at radius 3 is 2.93 bits per heavy atom. The molecule has 4 rings (SSSR count). The highest BCUT2D eigenvalue weighted by Crippen LogP contribution is 2.30. The van der Waals surface area contributed by atoms with Gasteiger partial charge in [-0.3, -0.25) is 4.79 Å². The third kappa shape index (κ3) is 3.77. The summed E-state index contributed by atoms with van der Waals surface area (Å²) in [5.74, 6) is -0.0503. The van der Waals surface area contributed by atoms with Crippen LogP contribution in [0.5, 0.6) is 0 Å². The van der Waals surface area contributed by atoms with Crippen LogP contribution in [0, 0.1) is 6.92 Å². The number of aromatic nitrogens is 2. The van der Waals surface area contributed by atoms with Crippen LogP contribution in [0.4, 0.5) is 0 Å². The second kappa shape index (κ2) is 7.85. The molecular weight excluding hydrogens is 346 g/mol. The standard InChI is InChI=1S/C24H25N3O/c1-3-20-15-27(16-25-20)23-12-8-18(14-17(23)2)9-13-24(28)26-22-11-10-19-6-4-5-7-21(19)22/h4-9,12-16,22H,3,10-11H2,1-2H3,(H,26,28)/b13-9+. The quantitative estimate of drug-likeness (QED) is 0.668. The van der Waals surface area contributed by atoms with E-state index in [1.54, 1.807) is 6.08 Å². The second-order valence-corrected chi connectivity index (χ2v) is 7.30. The van der Waals surface area contributed by atoms with Crippen molar-refractivity contribution < 1.29 is 4.79 Å². The molecule has 0 aliphatic heterocycles. The van der Waals surface area contributed by atoms with E-state index in [0.29, 0.717) is 0 Å². The van der Waals surface area contributed by atoms with E-state index in [9.17, 15) is 4.79 Å². The van der Waals surface area contributed by atoms with Crippen LogP contribution < -0.4 is 5.32 Å². The number of fused-ring (bicyclic) bond motifs is 1. The van der Waals surface area contributed by atoms with Crippen LogP contribution in [0.1, 0.15) is 47.3 Å². The number of rotatable bonds is 5. The summed E-state index contributed by atoms with van der Waals surface area (Å²) < 4.78 is 2.05. The normalized spacial score (nSPS) is 15.7. The maximum absolute atomic E-state index is 12.4. The number of aryl methyl sites for hydroxylation is 3. The van der Waals surface area contributed by atoms with E-state index in [1.165, 1.54) is 11.1 Å². The molecule has 1 unspecified atom stereocenters. The summed E-state index contributed by atoms with van der Waals surface area (Å²) in [5, 5.41) is 3.13. The number of amides is 1. The summed E-state index contributed by atoms with van der Waals surface area (Å²) in [6, 6.07) is 14.7. The Kier molecular flexibility index (Phi) is 5.11. The van der Waals surface area contributed by atoms with E-state index in [4.69, 9.17) is 0 Å². The second-order valence-electron chi connectivity index (χ2n) is 7.30. The van der Waals surface area contributed by atoms with Crippen molar-refractivity contribution in [2.45, 2.75) is 39.2 Å². The van der Waals surface area contributed by atoms with Crippen LogP contribution in [0.15, 0.2) is 61.1 Å². The third-order valence-electron chi connectivity index (χ3n) is 5.37. The summed E-state index contributed by atoms with van der Waals surface area (Å²) in [6.45, 7) is 4.18. The number of benzene rings is 2. The summed E-state index contributed by atoms with van der Waals surface area (Å²) in [4.78, 5) is 16.8. The Bertz CT molecular complexity index is 1030. The van der Waals surface area contributed by atoms with E-state index in [0.717, 1.165) is 41.8 Å². The lowest BCUT2D eigenvalue weighted by atomic mass is 10.1. The number of carbonyl (C=O) groups excluding carboxylic acids is 1. The largest absolute Gasteiger partial charge is 0.346 e. The van der Waals surface area contributed by atoms with Crippen molar-refractivity contribution in [3.8, 4) is 5.69 Å². The van der Waals surface area contributed by atoms with Crippen molar-refractivity contribution in [1.29, 1.82) is 0 Å². The van der Waals surface area contributed by atoms with Gasteiger partial charge in [0.25, 0.3) is 0 Å². The van der Waals surface area contributed by atoms with Gasteiger partial charge in [-0.1, -0.05) is 37.3 Å². The number of nitrogens with zero attached hydrogens (tertiary/aromatic N) is 2. The summed E-state index contributed by atoms with van der Waals surface area (Å²) in [6.07, 6.45) is 10.3. The molecule has 3 aromatic rings. The molecular formula is C24H25N3O. The van der Waals surface area contributed by atoms with Gasteiger partial charge in [0, 0.05) is 18.0 Å². The van der Waals surface area contributed by atoms with Crippen LogP contribution in [-0.4, -0.2) is 15.5 Å². The maximum atomic E-state index is 12.4. The van der Waals surface area contributed by atoms with Gasteiger partial charge in [-0.15, -0.1) is 0 Å². The fourth-order valence-corrected chi connectivity index (χ4v) is 3.85. The fraction of sp³-hybridized carbons (Fsp3) is 0.250. The smallest absolute Gasteiger partial charge is 0.244 e. The average Bonchev–Trinajstić information content (AvgIpc) is 3.34. The zero-order valence-corrected chi connectivity index (χ0v) is 16.4. The van der Waals surface area contributed by atoms with Gasteiger partial charge in [0.1, 0.15) is 0 Å². The van der Waals surface area contributed by atoms with Crippen LogP contribution in [0.3, 0.4) is 0 Å². The molecule has 28 heavy (non-hydrogen) atoms. The Morgan fingerprint density at radius 1 is 1.29 bits per heavy atom. The van der Waals surface area contributed by atoms with Crippen LogP contribution in [0.2, 0.25) is 0 Å². The molecule has 4 nitrogen and oxygen atoms in total. The minimum Gasteiger partial charge on any atom is -0.346 e. The molecule has 0 fully saturated rings. The van der Waals surface area contributed by atoms with Gasteiger partial charge in [-0.2, -0.15) is 0 Å². The number of hydrogen-bond donors (Lipinski definition) is 1. The van der Waals surface area contributed by atoms with Crippen molar-refractivity contribution in [2.24, 2.45) is 0 Å². The molecule has 0 radical (unpaired) electrons. The summed E-state index contributed by atoms with van der Waals surface area (Å²) in [7, 11) is 0. The molecule has 0 saturated carbocycles. The van der Waals surface area contributed by atoms with Crippen molar-refractivity contribution >= 4 is 12.0 Å². The maximum Gasteiger partial charge on any atom is 0.244 e. The zero-order valence-electron chi connectivity index (χ0n) is 16.4. The van der Waals surface area contributed by atoms with E-state index >= 15 is 0 Å². The zero-order chi connectivity index (χ0) is 19.5. The molecule has 1 amide bonds. The van der Waals surface area contributed by atoms with Crippen LogP contribution >= 0.6 is 0 Å². The minimum atomic E-state index is -0.0503. The van der Waals surface area contributed by atoms with E-state index < -0.39 is 0 Å². The highest BCUT2D eigenvalue weighted by molar-refractivity contribution is 5.92. The number of hydrogen-bond acceptors (Lipinski definition) is 2. The molecule has 2 aromatic carbocycles. The molecule has 0 saturated heterocycles. The lowest BCUT2D eigenvalue weighted by molar-refractivity contribution is -0.117. The van der Waals surface area contributed by atoms with Crippen LogP contribution in [-0.2, 0) is 17.6 Å². The molecule has 1 atom stereocenters. The monoisotopic (exact) mass is 371 g/mol. The average molecular weight is 371 g/mol. The van der Waals surface area contributed by atoms with Crippen molar-refractivity contribution in [3.63, 3.8) is 0 Å². The first kappa shape index (κ1) is 18.2. The predicted molar refractivity (Wildman–Crippen MR) is 112 cm³/mol. The van der Waals surface area contributed by atoms with Crippen LogP contribution in [0.25, 0.3) is 11.8 Å². The van der Waals surface area contributed by atoms with Gasteiger partial charge in [0.05, 0.1) is 18.1 Å². The highest BCUT2D eigenvalue weighted by atomic mass is 16.1. The molecule has 1 aliphatic carbocycles. The van der Waals surface area contributed by atoms with E-state index in [2.05, 4.69) is 60.7 Å². The first-order valence-electron chi connectivity index (χ1n) is 9.84. The van der Waals surface area contributed by atoms with Gasteiger partial charge in [-0.25, -0.2) is 4.98 Å². The summed E-state index contributed by atoms with van der Waals surface area (Å²) in [5.41, 5.74) is 6.93. The Balaban J connectivity index is 1.43. The predicted octanol–water partition coefficient (Wildman–Crippen LogP) is 4.56. The molecule has 0 spiro atoms. The molecule has 1 aromatic heterocycles. The van der Waals surface area contributed by atoms with Gasteiger partial charge < -0.3 is 9.88 Å². The van der Waals surface area contributed by atoms with Gasteiger partial charge in [-0.05, 0) is 66.6 Å². The Morgan fingerprint density at radius 2 is 2.14 bits per heavy atom. The van der Waals surface area contributed by atoms with Crippen molar-refractivity contribution in [3.05, 3.63) is 89.0 Å². The highest BCUT2D eigenvalue weighted by Gasteiger charge is 2.22. The first-order chi connectivity index (χ1) is 13.6. The lowest BCUT2D eigenvalue weighted by Crippen LogP contribution is -2.25. The third-order valence-corrected chi connectivity index (χ3v) is 5.37. The minimum absolute atomic E-state index is 0.0503. The van der Waals surface area contributed by atoms with E-state index in [-0.39, 0.29) is 11.9 Å². The van der Waals surface area contributed by atoms with Gasteiger partial charge >= 0.3 is 0 Å². The SMILES string of the molecule is CCc1cn(-c2ccc(/C=C/C(=O)NC3CCc4ccccc43)cc2C)cn1. The number of imidazole rings is 1. The molecule has 4 heteroatoms. The molecule has 142 valence electrons. The summed E-state index contributed by atoms with van der Waals surface area (Å²) >= 11 is 0. The fourth-order valence-electron chi connectivity index (χ4n) is 3.85. The molecule has 1 aliphatic rings. The topological polar surface area (TPSA) is 46.9 Å². The lowest BCUT2D eigenvalue weighted by Gasteiger charge is -2.12. The number of nitrogens with one attached hydrogen (secondary N) is 1.